The van der Waals surface area contributed by atoms with E-state index in [0.717, 1.165) is 46.9 Å². The molecule has 0 fully saturated rings. The van der Waals surface area contributed by atoms with Gasteiger partial charge in [-0.05, 0) is 58.5 Å². The van der Waals surface area contributed by atoms with Crippen molar-refractivity contribution < 1.29 is 18.9 Å². The van der Waals surface area contributed by atoms with Crippen LogP contribution < -0.4 is 24.3 Å². The Balaban J connectivity index is 1.32. The van der Waals surface area contributed by atoms with Crippen LogP contribution in [0.15, 0.2) is 97.1 Å². The molecule has 1 N–H and O–H groups in total. The van der Waals surface area contributed by atoms with Gasteiger partial charge >= 0.3 is 0 Å². The molecular formula is C33H33NO4. The Bertz CT molecular complexity index is 1370. The lowest BCUT2D eigenvalue weighted by Crippen LogP contribution is -2.28. The van der Waals surface area contributed by atoms with Crippen molar-refractivity contribution in [2.45, 2.75) is 25.7 Å². The van der Waals surface area contributed by atoms with E-state index < -0.39 is 0 Å². The predicted molar refractivity (Wildman–Crippen MR) is 151 cm³/mol. The average molecular weight is 508 g/mol. The van der Waals surface area contributed by atoms with Crippen LogP contribution in [0.3, 0.4) is 0 Å². The van der Waals surface area contributed by atoms with Gasteiger partial charge in [0, 0.05) is 6.54 Å². The highest BCUT2D eigenvalue weighted by Crippen LogP contribution is 2.37. The maximum absolute atomic E-state index is 6.18. The maximum atomic E-state index is 6.18. The Morgan fingerprint density at radius 1 is 0.711 bits per heavy atom. The van der Waals surface area contributed by atoms with Crippen molar-refractivity contribution in [3.8, 4) is 23.0 Å². The second kappa shape index (κ2) is 12.3. The Kier molecular flexibility index (Phi) is 8.26. The van der Waals surface area contributed by atoms with E-state index in [2.05, 4.69) is 41.7 Å². The van der Waals surface area contributed by atoms with E-state index >= 15 is 0 Å². The Morgan fingerprint density at radius 3 is 2.00 bits per heavy atom. The number of fused-ring (bicyclic) bond motifs is 1. The van der Waals surface area contributed by atoms with Crippen LogP contribution in [0.4, 0.5) is 0 Å². The topological polar surface area (TPSA) is 49.0 Å². The third-order valence-corrected chi connectivity index (χ3v) is 6.66. The molecule has 0 aliphatic carbocycles. The van der Waals surface area contributed by atoms with Gasteiger partial charge in [0.15, 0.2) is 23.0 Å². The average Bonchev–Trinajstić information content (AvgIpc) is 2.98. The summed E-state index contributed by atoms with van der Waals surface area (Å²) in [5.41, 5.74) is 5.74. The molecule has 0 saturated heterocycles. The molecule has 38 heavy (non-hydrogen) atoms. The van der Waals surface area contributed by atoms with Crippen molar-refractivity contribution >= 4 is 6.08 Å². The molecule has 1 aliphatic heterocycles. The van der Waals surface area contributed by atoms with E-state index in [-0.39, 0.29) is 6.04 Å². The zero-order chi connectivity index (χ0) is 26.2. The van der Waals surface area contributed by atoms with Gasteiger partial charge in [0.1, 0.15) is 13.2 Å². The maximum Gasteiger partial charge on any atom is 0.162 e. The van der Waals surface area contributed by atoms with E-state index in [4.69, 9.17) is 18.9 Å². The van der Waals surface area contributed by atoms with Gasteiger partial charge in [-0.3, -0.25) is 0 Å². The minimum Gasteiger partial charge on any atom is -0.493 e. The van der Waals surface area contributed by atoms with Gasteiger partial charge < -0.3 is 24.3 Å². The first kappa shape index (κ1) is 25.4. The molecule has 1 unspecified atom stereocenters. The monoisotopic (exact) mass is 507 g/mol. The molecule has 5 rings (SSSR count). The highest BCUT2D eigenvalue weighted by atomic mass is 16.5. The Labute approximate surface area is 224 Å². The molecule has 0 spiro atoms. The van der Waals surface area contributed by atoms with E-state index in [9.17, 15) is 0 Å². The van der Waals surface area contributed by atoms with Crippen molar-refractivity contribution in [1.29, 1.82) is 0 Å². The minimum absolute atomic E-state index is 0.0590. The van der Waals surface area contributed by atoms with Crippen LogP contribution in [0.2, 0.25) is 0 Å². The van der Waals surface area contributed by atoms with Crippen LogP contribution in [0, 0.1) is 0 Å². The van der Waals surface area contributed by atoms with E-state index in [0.29, 0.717) is 19.0 Å². The van der Waals surface area contributed by atoms with E-state index in [1.165, 1.54) is 11.1 Å². The molecule has 1 heterocycles. The molecule has 4 aromatic carbocycles. The summed E-state index contributed by atoms with van der Waals surface area (Å²) in [5.74, 6) is 2.95. The minimum atomic E-state index is 0.0590. The lowest BCUT2D eigenvalue weighted by molar-refractivity contribution is 0.283. The fraction of sp³-hybridized carbons (Fsp3) is 0.212. The second-order valence-electron chi connectivity index (χ2n) is 9.20. The number of hydrogen-bond donors (Lipinski definition) is 1. The fourth-order valence-corrected chi connectivity index (χ4v) is 4.63. The summed E-state index contributed by atoms with van der Waals surface area (Å²) in [7, 11) is 3.36. The van der Waals surface area contributed by atoms with Crippen molar-refractivity contribution in [1.82, 2.24) is 5.32 Å². The zero-order valence-electron chi connectivity index (χ0n) is 21.9. The number of nitrogens with one attached hydrogen (secondary N) is 1. The van der Waals surface area contributed by atoms with Crippen LogP contribution in [0.5, 0.6) is 23.0 Å². The van der Waals surface area contributed by atoms with Gasteiger partial charge in [-0.2, -0.15) is 0 Å². The molecule has 1 aliphatic rings. The third kappa shape index (κ3) is 6.18. The first-order valence-corrected chi connectivity index (χ1v) is 12.9. The van der Waals surface area contributed by atoms with Gasteiger partial charge in [0.2, 0.25) is 0 Å². The van der Waals surface area contributed by atoms with Crippen molar-refractivity contribution in [2.75, 3.05) is 20.8 Å². The quantitative estimate of drug-likeness (QED) is 0.257. The first-order chi connectivity index (χ1) is 18.7. The summed E-state index contributed by atoms with van der Waals surface area (Å²) in [4.78, 5) is 0. The molecule has 0 amide bonds. The number of ether oxygens (including phenoxy) is 4. The van der Waals surface area contributed by atoms with Crippen LogP contribution in [-0.4, -0.2) is 20.8 Å². The molecule has 0 saturated carbocycles. The number of hydrogen-bond acceptors (Lipinski definition) is 5. The van der Waals surface area contributed by atoms with Crippen LogP contribution in [0.25, 0.3) is 6.08 Å². The molecule has 5 nitrogen and oxygen atoms in total. The number of methoxy groups -OCH3 is 2. The molecular weight excluding hydrogens is 474 g/mol. The summed E-state index contributed by atoms with van der Waals surface area (Å²) in [5, 5.41) is 3.62. The fourth-order valence-electron chi connectivity index (χ4n) is 4.63. The second-order valence-corrected chi connectivity index (χ2v) is 9.20. The third-order valence-electron chi connectivity index (χ3n) is 6.66. The zero-order valence-corrected chi connectivity index (χ0v) is 21.9. The number of rotatable bonds is 10. The Hall–Kier alpha value is -4.22. The molecule has 1 atom stereocenters. The molecule has 5 heteroatoms. The predicted octanol–water partition coefficient (Wildman–Crippen LogP) is 6.76. The SMILES string of the molecule is COc1cc(C=CC2NCCc3cc(OC)c(OCc4ccccc4)cc32)ccc1OCc1ccccc1. The standard InChI is InChI=1S/C33H33NO4/c1-35-31-19-24(14-16-30(31)37-22-25-9-5-3-6-10-25)13-15-29-28-21-33(38-23-26-11-7-4-8-12-26)32(36-2)20-27(28)17-18-34-29/h3-16,19-21,29,34H,17-18,22-23H2,1-2H3. The van der Waals surface area contributed by atoms with Gasteiger partial charge in [-0.15, -0.1) is 0 Å². The van der Waals surface area contributed by atoms with Crippen LogP contribution in [-0.2, 0) is 19.6 Å². The lowest BCUT2D eigenvalue weighted by atomic mass is 9.93. The highest BCUT2D eigenvalue weighted by Gasteiger charge is 2.21. The van der Waals surface area contributed by atoms with Crippen molar-refractivity contribution in [3.05, 3.63) is 125 Å². The van der Waals surface area contributed by atoms with Gasteiger partial charge in [0.05, 0.1) is 20.3 Å². The first-order valence-electron chi connectivity index (χ1n) is 12.9. The normalized spacial score (nSPS) is 14.6. The molecule has 4 aromatic rings. The van der Waals surface area contributed by atoms with Gasteiger partial charge in [-0.1, -0.05) is 78.9 Å². The highest BCUT2D eigenvalue weighted by molar-refractivity contribution is 5.58. The number of benzene rings is 4. The summed E-state index contributed by atoms with van der Waals surface area (Å²) in [6.07, 6.45) is 5.24. The van der Waals surface area contributed by atoms with Crippen LogP contribution >= 0.6 is 0 Å². The Morgan fingerprint density at radius 2 is 1.34 bits per heavy atom. The van der Waals surface area contributed by atoms with Crippen molar-refractivity contribution in [2.24, 2.45) is 0 Å². The smallest absolute Gasteiger partial charge is 0.162 e. The molecule has 194 valence electrons. The van der Waals surface area contributed by atoms with Crippen molar-refractivity contribution in [3.63, 3.8) is 0 Å². The van der Waals surface area contributed by atoms with Gasteiger partial charge in [0.25, 0.3) is 0 Å². The summed E-state index contributed by atoms with van der Waals surface area (Å²) in [6, 6.07) is 30.6. The molecule has 0 aromatic heterocycles. The van der Waals surface area contributed by atoms with E-state index in [1.54, 1.807) is 14.2 Å². The van der Waals surface area contributed by atoms with E-state index in [1.807, 2.05) is 66.7 Å². The summed E-state index contributed by atoms with van der Waals surface area (Å²) in [6.45, 7) is 1.88. The largest absolute Gasteiger partial charge is 0.493 e. The lowest BCUT2D eigenvalue weighted by Gasteiger charge is -2.26. The van der Waals surface area contributed by atoms with Crippen LogP contribution in [0.1, 0.15) is 33.9 Å². The summed E-state index contributed by atoms with van der Waals surface area (Å²) < 4.78 is 23.5. The summed E-state index contributed by atoms with van der Waals surface area (Å²) >= 11 is 0. The molecule has 0 bridgehead atoms. The molecule has 0 radical (unpaired) electrons. The van der Waals surface area contributed by atoms with Gasteiger partial charge in [-0.25, -0.2) is 0 Å².